The summed E-state index contributed by atoms with van der Waals surface area (Å²) in [5.41, 5.74) is 0.320. The van der Waals surface area contributed by atoms with E-state index >= 15 is 4.39 Å². The smallest absolute Gasteiger partial charge is 0.408 e. The van der Waals surface area contributed by atoms with Crippen LogP contribution < -0.4 is 15.5 Å². The minimum atomic E-state index is -1.23. The van der Waals surface area contributed by atoms with E-state index in [4.69, 9.17) is 21.1 Å². The minimum Gasteiger partial charge on any atom is -0.444 e. The topological polar surface area (TPSA) is 165 Å². The number of hydrogen-bond donors (Lipinski definition) is 3. The van der Waals surface area contributed by atoms with Crippen LogP contribution in [0.2, 0.25) is 5.02 Å². The number of piperidine rings is 4. The number of hydrogen-bond acceptors (Lipinski definition) is 10. The summed E-state index contributed by atoms with van der Waals surface area (Å²) in [6, 6.07) is 14.3. The van der Waals surface area contributed by atoms with Crippen LogP contribution in [0.3, 0.4) is 0 Å². The molecule has 6 heterocycles. The Bertz CT molecular complexity index is 2450. The summed E-state index contributed by atoms with van der Waals surface area (Å²) in [5, 5.41) is 7.86. The number of benzene rings is 2. The molecule has 1 aliphatic carbocycles. The van der Waals surface area contributed by atoms with Crippen molar-refractivity contribution in [2.75, 3.05) is 63.8 Å². The Kier molecular flexibility index (Phi) is 14.8. The highest BCUT2D eigenvalue weighted by Gasteiger charge is 2.45. The number of likely N-dealkylation sites (tertiary alicyclic amines) is 3. The summed E-state index contributed by atoms with van der Waals surface area (Å²) in [5.74, 6) is -0.00783. The average Bonchev–Trinajstić information content (AvgIpc) is 4.08. The van der Waals surface area contributed by atoms with Gasteiger partial charge < -0.3 is 44.7 Å². The molecule has 4 aromatic rings. The highest BCUT2D eigenvalue weighted by atomic mass is 35.5. The molecular formula is C52H67ClFN9O6. The predicted octanol–water partition coefficient (Wildman–Crippen LogP) is 7.76. The molecule has 4 saturated heterocycles. The first kappa shape index (κ1) is 48.7. The van der Waals surface area contributed by atoms with Crippen LogP contribution in [0.25, 0.3) is 11.0 Å². The van der Waals surface area contributed by atoms with E-state index in [1.807, 2.05) is 41.4 Å². The summed E-state index contributed by atoms with van der Waals surface area (Å²) < 4.78 is 28.4. The number of aromatic amines is 1. The van der Waals surface area contributed by atoms with Gasteiger partial charge in [0.25, 0.3) is 5.91 Å². The van der Waals surface area contributed by atoms with Crippen LogP contribution in [0, 0.1) is 11.7 Å². The molecule has 5 aliphatic rings. The van der Waals surface area contributed by atoms with Crippen molar-refractivity contribution in [1.29, 1.82) is 0 Å². The molecule has 17 heteroatoms. The molecule has 2 aromatic heterocycles. The number of H-pyrrole nitrogens is 1. The van der Waals surface area contributed by atoms with E-state index in [1.54, 1.807) is 43.9 Å². The number of amides is 4. The molecule has 1 saturated carbocycles. The van der Waals surface area contributed by atoms with Gasteiger partial charge in [0.2, 0.25) is 11.8 Å². The van der Waals surface area contributed by atoms with E-state index in [2.05, 4.69) is 35.4 Å². The maximum Gasteiger partial charge on any atom is 0.408 e. The van der Waals surface area contributed by atoms with Gasteiger partial charge in [-0.2, -0.15) is 0 Å². The van der Waals surface area contributed by atoms with Crippen molar-refractivity contribution >= 4 is 52.3 Å². The van der Waals surface area contributed by atoms with E-state index < -0.39 is 23.1 Å². The fourth-order valence-corrected chi connectivity index (χ4v) is 10.8. The lowest BCUT2D eigenvalue weighted by atomic mass is 9.85. The molecule has 0 radical (unpaired) electrons. The molecule has 15 nitrogen and oxygen atoms in total. The number of nitrogens with zero attached hydrogens (tertiary/aromatic N) is 6. The summed E-state index contributed by atoms with van der Waals surface area (Å²) in [7, 11) is 0. The van der Waals surface area contributed by atoms with Crippen LogP contribution in [-0.4, -0.2) is 136 Å². The minimum absolute atomic E-state index is 0.0209. The SMILES string of the molecule is CC(C)(C)OC(=O)NC1(C(=O)N[C@@H](CCN2CCC(OC3CCN(C(=O)c4cccc(C5CCCN(C(=O)C6CC6)C5)c4F)CC3)CC2)c2ccc(Cl)cc2)CCN(c2ncnc3[nH]ccc23)CC1. The molecule has 2 atom stereocenters. The Hall–Kier alpha value is -5.32. The average molecular weight is 969 g/mol. The van der Waals surface area contributed by atoms with Crippen LogP contribution in [0.4, 0.5) is 15.0 Å². The first-order valence-corrected chi connectivity index (χ1v) is 25.4. The number of fused-ring (bicyclic) bond motifs is 1. The van der Waals surface area contributed by atoms with Gasteiger partial charge in [-0.3, -0.25) is 14.4 Å². The van der Waals surface area contributed by atoms with Gasteiger partial charge in [0, 0.05) is 82.0 Å². The van der Waals surface area contributed by atoms with Crippen LogP contribution in [0.15, 0.2) is 61.1 Å². The number of carbonyl (C=O) groups is 4. The van der Waals surface area contributed by atoms with Gasteiger partial charge in [0.15, 0.2) is 0 Å². The molecule has 69 heavy (non-hydrogen) atoms. The van der Waals surface area contributed by atoms with Gasteiger partial charge in [-0.15, -0.1) is 0 Å². The molecule has 0 bridgehead atoms. The lowest BCUT2D eigenvalue weighted by molar-refractivity contribution is -0.133. The van der Waals surface area contributed by atoms with Crippen molar-refractivity contribution in [3.05, 3.63) is 88.6 Å². The van der Waals surface area contributed by atoms with Crippen molar-refractivity contribution in [3.63, 3.8) is 0 Å². The van der Waals surface area contributed by atoms with Crippen molar-refractivity contribution in [1.82, 2.24) is 40.3 Å². The molecule has 5 fully saturated rings. The van der Waals surface area contributed by atoms with Crippen LogP contribution in [-0.2, 0) is 19.1 Å². The van der Waals surface area contributed by atoms with Crippen LogP contribution in [0.5, 0.6) is 0 Å². The first-order chi connectivity index (χ1) is 33.2. The van der Waals surface area contributed by atoms with Crippen LogP contribution in [0.1, 0.15) is 125 Å². The number of rotatable bonds is 13. The van der Waals surface area contributed by atoms with Crippen molar-refractivity contribution in [3.8, 4) is 0 Å². The number of ether oxygens (including phenoxy) is 2. The maximum absolute atomic E-state index is 16.1. The molecule has 4 amide bonds. The molecular weight excluding hydrogens is 901 g/mol. The third-order valence-electron chi connectivity index (χ3n) is 14.7. The summed E-state index contributed by atoms with van der Waals surface area (Å²) >= 11 is 6.33. The number of alkyl carbamates (subject to hydrolysis) is 1. The summed E-state index contributed by atoms with van der Waals surface area (Å²) in [6.45, 7) is 11.0. The highest BCUT2D eigenvalue weighted by molar-refractivity contribution is 6.30. The number of halogens is 2. The fraction of sp³-hybridized carbons (Fsp3) is 0.577. The van der Waals surface area contributed by atoms with Gasteiger partial charge in [-0.05, 0) is 127 Å². The second kappa shape index (κ2) is 21.0. The normalized spacial score (nSPS) is 21.2. The van der Waals surface area contributed by atoms with Gasteiger partial charge >= 0.3 is 6.09 Å². The van der Waals surface area contributed by atoms with E-state index in [9.17, 15) is 19.2 Å². The van der Waals surface area contributed by atoms with Crippen molar-refractivity contribution in [2.45, 2.75) is 127 Å². The third-order valence-corrected chi connectivity index (χ3v) is 15.0. The second-order valence-corrected chi connectivity index (χ2v) is 21.2. The predicted molar refractivity (Wildman–Crippen MR) is 262 cm³/mol. The Morgan fingerprint density at radius 1 is 0.870 bits per heavy atom. The monoisotopic (exact) mass is 967 g/mol. The zero-order chi connectivity index (χ0) is 48.3. The van der Waals surface area contributed by atoms with Crippen LogP contribution >= 0.6 is 11.6 Å². The molecule has 0 spiro atoms. The lowest BCUT2D eigenvalue weighted by Crippen LogP contribution is -2.64. The Balaban J connectivity index is 0.774. The quantitative estimate of drug-likeness (QED) is 0.121. The van der Waals surface area contributed by atoms with Gasteiger partial charge in [-0.25, -0.2) is 19.2 Å². The number of anilines is 1. The first-order valence-electron chi connectivity index (χ1n) is 25.1. The van der Waals surface area contributed by atoms with Crippen molar-refractivity contribution < 1.29 is 33.0 Å². The molecule has 3 N–H and O–H groups in total. The summed E-state index contributed by atoms with van der Waals surface area (Å²) in [6.07, 6.45) is 10.8. The molecule has 9 rings (SSSR count). The number of aromatic nitrogens is 3. The van der Waals surface area contributed by atoms with Crippen molar-refractivity contribution in [2.24, 2.45) is 5.92 Å². The molecule has 370 valence electrons. The Morgan fingerprint density at radius 3 is 2.28 bits per heavy atom. The highest BCUT2D eigenvalue weighted by Crippen LogP contribution is 2.37. The van der Waals surface area contributed by atoms with Gasteiger partial charge in [0.05, 0.1) is 29.2 Å². The molecule has 4 aliphatic heterocycles. The van der Waals surface area contributed by atoms with E-state index in [1.165, 1.54) is 6.33 Å². The largest absolute Gasteiger partial charge is 0.444 e. The number of nitrogens with one attached hydrogen (secondary N) is 3. The Labute approximate surface area is 409 Å². The Morgan fingerprint density at radius 2 is 1.58 bits per heavy atom. The second-order valence-electron chi connectivity index (χ2n) is 20.8. The number of carbonyl (C=O) groups excluding carboxylic acids is 4. The van der Waals surface area contributed by atoms with E-state index in [0.717, 1.165) is 87.1 Å². The lowest BCUT2D eigenvalue weighted by Gasteiger charge is -2.42. The zero-order valence-corrected chi connectivity index (χ0v) is 40.9. The molecule has 1 unspecified atom stereocenters. The standard InChI is InChI=1S/C52H67ClFN9O6/c1-51(2,3)69-50(67)59-52(21-30-61(31-22-52)46-42-15-23-55-45(42)56-33-57-46)49(66)58-43(34-11-13-37(53)14-12-34)20-27-60-25-16-38(17-26-60)68-39-18-28-62(29-19-39)48(65)41-8-4-7-40(44(41)54)36-6-5-24-63(32-36)47(64)35-9-10-35/h4,7-8,11-15,23,33,35-36,38-39,43H,5-6,9-10,16-22,24-32H2,1-3H3,(H,58,66)(H,59,67)(H,55,56,57)/t36?,43-/m0/s1. The third kappa shape index (κ3) is 11.7. The summed E-state index contributed by atoms with van der Waals surface area (Å²) in [4.78, 5) is 74.8. The molecule has 2 aromatic carbocycles. The maximum atomic E-state index is 16.1. The van der Waals surface area contributed by atoms with Gasteiger partial charge in [-0.1, -0.05) is 35.9 Å². The van der Waals surface area contributed by atoms with E-state index in [0.29, 0.717) is 75.4 Å². The fourth-order valence-electron chi connectivity index (χ4n) is 10.7. The zero-order valence-electron chi connectivity index (χ0n) is 40.2. The van der Waals surface area contributed by atoms with Gasteiger partial charge in [0.1, 0.15) is 34.7 Å². The van der Waals surface area contributed by atoms with E-state index in [-0.39, 0.29) is 53.4 Å².